The minimum absolute atomic E-state index is 0.126. The van der Waals surface area contributed by atoms with E-state index in [4.69, 9.17) is 0 Å². The topological polar surface area (TPSA) is 106 Å². The number of H-pyrrole nitrogens is 1. The summed E-state index contributed by atoms with van der Waals surface area (Å²) in [4.78, 5) is 37.9. The maximum Gasteiger partial charge on any atom is 0.341 e. The van der Waals surface area contributed by atoms with Crippen LogP contribution in [0.5, 0.6) is 0 Å². The Labute approximate surface area is 244 Å². The Morgan fingerprint density at radius 1 is 1.14 bits per heavy atom. The Bertz CT molecular complexity index is 2070. The molecular weight excluding hydrogens is 554 g/mol. The predicted molar refractivity (Wildman–Crippen MR) is 161 cm³/mol. The van der Waals surface area contributed by atoms with E-state index < -0.39 is 23.2 Å². The second-order valence-corrected chi connectivity index (χ2v) is 12.2. The third-order valence-corrected chi connectivity index (χ3v) is 9.60. The highest BCUT2D eigenvalue weighted by Crippen LogP contribution is 2.47. The van der Waals surface area contributed by atoms with Crippen molar-refractivity contribution < 1.29 is 18.7 Å². The van der Waals surface area contributed by atoms with Gasteiger partial charge < -0.3 is 25.2 Å². The number of aromatic nitrogens is 3. The van der Waals surface area contributed by atoms with Gasteiger partial charge in [-0.1, -0.05) is 6.07 Å². The van der Waals surface area contributed by atoms with Crippen LogP contribution in [0.1, 0.15) is 41.1 Å². The minimum atomic E-state index is -1.26. The van der Waals surface area contributed by atoms with E-state index in [-0.39, 0.29) is 22.9 Å². The molecule has 0 amide bonds. The van der Waals surface area contributed by atoms with Crippen molar-refractivity contribution in [3.8, 4) is 11.1 Å². The lowest BCUT2D eigenvalue weighted by atomic mass is 9.99. The molecule has 8 rings (SSSR count). The highest BCUT2D eigenvalue weighted by atomic mass is 19.2. The second kappa shape index (κ2) is 9.24. The number of carbonyl (C=O) groups is 1. The summed E-state index contributed by atoms with van der Waals surface area (Å²) in [6.45, 7) is 2.53. The summed E-state index contributed by atoms with van der Waals surface area (Å²) in [7, 11) is 3.75. The van der Waals surface area contributed by atoms with E-state index in [1.54, 1.807) is 19.4 Å². The number of likely N-dealkylation sites (N-methyl/N-ethyl adjacent to an activating group) is 1. The average molecular weight is 585 g/mol. The molecule has 3 fully saturated rings. The van der Waals surface area contributed by atoms with Crippen molar-refractivity contribution in [2.75, 3.05) is 43.9 Å². The Morgan fingerprint density at radius 2 is 1.95 bits per heavy atom. The van der Waals surface area contributed by atoms with Crippen LogP contribution in [0.4, 0.5) is 20.2 Å². The number of halogens is 2. The van der Waals surface area contributed by atoms with Gasteiger partial charge in [0.1, 0.15) is 11.2 Å². The Kier molecular flexibility index (Phi) is 5.62. The van der Waals surface area contributed by atoms with Crippen LogP contribution in [0.15, 0.2) is 41.5 Å². The smallest absolute Gasteiger partial charge is 0.341 e. The highest BCUT2D eigenvalue weighted by molar-refractivity contribution is 6.18. The van der Waals surface area contributed by atoms with Gasteiger partial charge in [0.2, 0.25) is 0 Å². The number of carboxylic acids is 1. The minimum Gasteiger partial charge on any atom is -0.477 e. The van der Waals surface area contributed by atoms with Crippen LogP contribution >= 0.6 is 0 Å². The number of likely N-dealkylation sites (tertiary alicyclic amines) is 1. The number of aromatic carboxylic acids is 1. The fourth-order valence-electron chi connectivity index (χ4n) is 7.46. The molecule has 0 bridgehead atoms. The lowest BCUT2D eigenvalue weighted by molar-refractivity contribution is 0.0694. The maximum atomic E-state index is 15.7. The van der Waals surface area contributed by atoms with Crippen LogP contribution in [0.2, 0.25) is 0 Å². The molecule has 2 aliphatic heterocycles. The van der Waals surface area contributed by atoms with Crippen molar-refractivity contribution in [2.24, 2.45) is 5.92 Å². The predicted octanol–water partition coefficient (Wildman–Crippen LogP) is 5.03. The molecule has 4 aromatic heterocycles. The van der Waals surface area contributed by atoms with Gasteiger partial charge in [-0.25, -0.2) is 18.6 Å². The third-order valence-electron chi connectivity index (χ3n) is 9.60. The van der Waals surface area contributed by atoms with Crippen molar-refractivity contribution in [2.45, 2.75) is 31.2 Å². The molecule has 3 N–H and O–H groups in total. The van der Waals surface area contributed by atoms with Crippen LogP contribution in [0.3, 0.4) is 0 Å². The molecule has 2 saturated heterocycles. The lowest BCUT2D eigenvalue weighted by Gasteiger charge is -2.29. The van der Waals surface area contributed by atoms with E-state index in [9.17, 15) is 19.1 Å². The molecule has 5 aromatic rings. The summed E-state index contributed by atoms with van der Waals surface area (Å²) in [5.74, 6) is -2.52. The summed E-state index contributed by atoms with van der Waals surface area (Å²) in [5, 5.41) is 13.4. The van der Waals surface area contributed by atoms with Crippen molar-refractivity contribution in [1.82, 2.24) is 19.3 Å². The van der Waals surface area contributed by atoms with Gasteiger partial charge in [-0.15, -0.1) is 0 Å². The number of nitrogens with zero attached hydrogens (tertiary/aromatic N) is 4. The quantitative estimate of drug-likeness (QED) is 0.266. The molecule has 2 unspecified atom stereocenters. The van der Waals surface area contributed by atoms with Crippen LogP contribution in [0, 0.1) is 17.6 Å². The number of aromatic amines is 1. The maximum absolute atomic E-state index is 15.7. The molecule has 220 valence electrons. The van der Waals surface area contributed by atoms with Gasteiger partial charge in [0.25, 0.3) is 5.56 Å². The zero-order chi connectivity index (χ0) is 29.7. The van der Waals surface area contributed by atoms with Gasteiger partial charge in [0, 0.05) is 62.3 Å². The number of benzene rings is 1. The number of carboxylic acid groups (broad SMARTS) is 1. The van der Waals surface area contributed by atoms with Gasteiger partial charge in [-0.3, -0.25) is 9.20 Å². The van der Waals surface area contributed by atoms with E-state index in [0.29, 0.717) is 44.8 Å². The van der Waals surface area contributed by atoms with Gasteiger partial charge in [0.15, 0.2) is 11.6 Å². The molecule has 1 aliphatic carbocycles. The van der Waals surface area contributed by atoms with Gasteiger partial charge >= 0.3 is 5.97 Å². The molecule has 11 heteroatoms. The third kappa shape index (κ3) is 3.80. The molecule has 3 aliphatic rings. The summed E-state index contributed by atoms with van der Waals surface area (Å²) < 4.78 is 32.1. The zero-order valence-electron chi connectivity index (χ0n) is 23.7. The number of rotatable bonds is 5. The molecule has 0 spiro atoms. The molecular formula is C32H30F2N6O3. The number of nitrogens with one attached hydrogen (secondary N) is 2. The Morgan fingerprint density at radius 3 is 2.70 bits per heavy atom. The van der Waals surface area contributed by atoms with Gasteiger partial charge in [-0.2, -0.15) is 0 Å². The van der Waals surface area contributed by atoms with Gasteiger partial charge in [-0.05, 0) is 55.8 Å². The van der Waals surface area contributed by atoms with Crippen LogP contribution in [-0.4, -0.2) is 70.1 Å². The fourth-order valence-corrected chi connectivity index (χ4v) is 7.46. The normalized spacial score (nSPS) is 20.5. The van der Waals surface area contributed by atoms with Crippen molar-refractivity contribution in [3.05, 3.63) is 69.8 Å². The molecule has 0 radical (unpaired) electrons. The molecule has 1 aromatic carbocycles. The first-order valence-corrected chi connectivity index (χ1v) is 14.6. The average Bonchev–Trinajstić information content (AvgIpc) is 3.50. The number of pyridine rings is 3. The van der Waals surface area contributed by atoms with Crippen molar-refractivity contribution in [3.63, 3.8) is 0 Å². The van der Waals surface area contributed by atoms with Crippen LogP contribution < -0.4 is 15.8 Å². The van der Waals surface area contributed by atoms with E-state index in [2.05, 4.69) is 32.1 Å². The van der Waals surface area contributed by atoms with E-state index >= 15 is 4.39 Å². The Balaban J connectivity index is 1.45. The standard InChI is InChI=1S/C32H30F2N6O3/c1-35-22-10-21(33)27(34)25-26-29(39-8-7-17-12-38(2)14-24(17)39)20(11-36-30(26)37-28(22)25)16-5-6-23-18(15-3-4-15)9-19(32(42)43)31(41)40(23)13-16/h5-6,9-11,13,15,17,24,35H,3-4,7-8,12,14H2,1-2H3,(H,36,37)(H,42,43). The first kappa shape index (κ1) is 26.1. The summed E-state index contributed by atoms with van der Waals surface area (Å²) in [6.07, 6.45) is 6.23. The van der Waals surface area contributed by atoms with Crippen LogP contribution in [-0.2, 0) is 0 Å². The van der Waals surface area contributed by atoms with Gasteiger partial charge in [0.05, 0.1) is 33.2 Å². The highest BCUT2D eigenvalue weighted by Gasteiger charge is 2.42. The number of anilines is 2. The first-order chi connectivity index (χ1) is 20.7. The van der Waals surface area contributed by atoms with Crippen molar-refractivity contribution >= 4 is 44.8 Å². The first-order valence-electron chi connectivity index (χ1n) is 14.6. The monoisotopic (exact) mass is 584 g/mol. The number of hydrogen-bond acceptors (Lipinski definition) is 6. The van der Waals surface area contributed by atoms with E-state index in [1.807, 2.05) is 12.1 Å². The summed E-state index contributed by atoms with van der Waals surface area (Å²) >= 11 is 0. The number of fused-ring (bicyclic) bond motifs is 5. The van der Waals surface area contributed by atoms with Crippen molar-refractivity contribution in [1.29, 1.82) is 0 Å². The summed E-state index contributed by atoms with van der Waals surface area (Å²) in [5.41, 5.74) is 3.97. The Hall–Kier alpha value is -4.51. The molecule has 9 nitrogen and oxygen atoms in total. The molecule has 1 saturated carbocycles. The van der Waals surface area contributed by atoms with E-state index in [1.165, 1.54) is 10.5 Å². The SMILES string of the molecule is CNc1cc(F)c(F)c2c1[nH]c1ncc(-c3ccc4c(C5CC5)cc(C(=O)O)c(=O)n4c3)c(N3CCC4CN(C)CC43)c12. The second-order valence-electron chi connectivity index (χ2n) is 12.2. The lowest BCUT2D eigenvalue weighted by Crippen LogP contribution is -2.35. The molecule has 6 heterocycles. The molecule has 2 atom stereocenters. The van der Waals surface area contributed by atoms with E-state index in [0.717, 1.165) is 56.2 Å². The zero-order valence-corrected chi connectivity index (χ0v) is 23.7. The summed E-state index contributed by atoms with van der Waals surface area (Å²) in [6, 6.07) is 6.59. The molecule has 43 heavy (non-hydrogen) atoms. The fraction of sp³-hybridized carbons (Fsp3) is 0.344. The number of hydrogen-bond donors (Lipinski definition) is 3. The largest absolute Gasteiger partial charge is 0.477 e. The van der Waals surface area contributed by atoms with Crippen LogP contribution in [0.25, 0.3) is 38.6 Å².